The molecule has 0 radical (unpaired) electrons. The number of hydrogen-bond donors (Lipinski definition) is 0. The zero-order valence-corrected chi connectivity index (χ0v) is 24.4. The minimum atomic E-state index is 0.705. The first-order valence-electron chi connectivity index (χ1n) is 14.7. The highest BCUT2D eigenvalue weighted by molar-refractivity contribution is 7.26. The van der Waals surface area contributed by atoms with E-state index in [1.807, 2.05) is 47.7 Å². The monoisotopic (exact) mass is 580 g/mol. The number of hydrogen-bond acceptors (Lipinski definition) is 4. The summed E-state index contributed by atoms with van der Waals surface area (Å²) < 4.78 is 9.03. The van der Waals surface area contributed by atoms with Crippen LogP contribution in [0.15, 0.2) is 150 Å². The topological polar surface area (TPSA) is 38.9 Å². The van der Waals surface area contributed by atoms with Gasteiger partial charge in [-0.15, -0.1) is 11.3 Å². The molecule has 44 heavy (non-hydrogen) atoms. The van der Waals surface area contributed by atoms with E-state index in [2.05, 4.69) is 109 Å². The number of benzene rings is 6. The Morgan fingerprint density at radius 3 is 1.98 bits per heavy atom. The number of rotatable bonds is 4. The summed E-state index contributed by atoms with van der Waals surface area (Å²) in [5.74, 6) is 0.705. The molecule has 6 aromatic carbocycles. The molecular weight excluding hydrogens is 557 g/mol. The molecule has 9 aromatic rings. The minimum Gasteiger partial charge on any atom is -0.456 e. The first-order valence-corrected chi connectivity index (χ1v) is 15.5. The third kappa shape index (κ3) is 4.03. The van der Waals surface area contributed by atoms with Gasteiger partial charge in [0, 0.05) is 53.2 Å². The predicted molar refractivity (Wildman–Crippen MR) is 184 cm³/mol. The van der Waals surface area contributed by atoms with Crippen LogP contribution in [0, 0.1) is 0 Å². The van der Waals surface area contributed by atoms with Gasteiger partial charge in [-0.2, -0.15) is 0 Å². The Morgan fingerprint density at radius 2 is 1.14 bits per heavy atom. The van der Waals surface area contributed by atoms with Gasteiger partial charge in [0.25, 0.3) is 0 Å². The lowest BCUT2D eigenvalue weighted by Crippen LogP contribution is -1.95. The van der Waals surface area contributed by atoms with Gasteiger partial charge >= 0.3 is 0 Å². The first-order chi connectivity index (χ1) is 21.8. The maximum atomic E-state index is 6.43. The summed E-state index contributed by atoms with van der Waals surface area (Å²) in [5, 5.41) is 4.78. The molecule has 0 N–H and O–H groups in total. The van der Waals surface area contributed by atoms with Gasteiger partial charge in [-0.3, -0.25) is 0 Å². The summed E-state index contributed by atoms with van der Waals surface area (Å²) in [6.07, 6.45) is 0. The first kappa shape index (κ1) is 25.0. The summed E-state index contributed by atoms with van der Waals surface area (Å²) >= 11 is 1.85. The highest BCUT2D eigenvalue weighted by atomic mass is 32.1. The SMILES string of the molecule is c1ccc(-c2cc(-c3ccc4oc5cccc(-c6cccc7c6sc6ccccc67)c5c4c3)nc(-c3ccccc3)n2)cc1. The Balaban J connectivity index is 1.27. The van der Waals surface area contributed by atoms with E-state index in [1.165, 1.54) is 31.3 Å². The van der Waals surface area contributed by atoms with E-state index in [4.69, 9.17) is 14.4 Å². The van der Waals surface area contributed by atoms with E-state index in [-0.39, 0.29) is 0 Å². The molecule has 0 fully saturated rings. The number of fused-ring (bicyclic) bond motifs is 6. The quantitative estimate of drug-likeness (QED) is 0.208. The maximum Gasteiger partial charge on any atom is 0.160 e. The predicted octanol–water partition coefficient (Wildman–Crippen LogP) is 11.4. The molecular formula is C40H24N2OS. The van der Waals surface area contributed by atoms with Crippen molar-refractivity contribution in [3.63, 3.8) is 0 Å². The molecule has 0 bridgehead atoms. The van der Waals surface area contributed by atoms with Crippen LogP contribution in [0.3, 0.4) is 0 Å². The summed E-state index contributed by atoms with van der Waals surface area (Å²) in [5.41, 5.74) is 8.97. The van der Waals surface area contributed by atoms with Crippen molar-refractivity contribution in [2.45, 2.75) is 0 Å². The van der Waals surface area contributed by atoms with Crippen molar-refractivity contribution in [1.82, 2.24) is 9.97 Å². The Kier molecular flexibility index (Phi) is 5.68. The molecule has 9 rings (SSSR count). The van der Waals surface area contributed by atoms with Crippen molar-refractivity contribution >= 4 is 53.4 Å². The molecule has 0 aliphatic rings. The van der Waals surface area contributed by atoms with Crippen molar-refractivity contribution in [3.8, 4) is 45.0 Å². The van der Waals surface area contributed by atoms with Crippen molar-refractivity contribution in [1.29, 1.82) is 0 Å². The standard InChI is InChI=1S/C40H24N2OS/c1-3-11-25(12-4-1)33-24-34(42-40(41-33)26-13-5-2-6-14-26)27-21-22-35-32(23-27)38-29(16-10-19-36(38)43-35)31-18-9-17-30-28-15-7-8-20-37(28)44-39(30)31/h1-24H. The van der Waals surface area contributed by atoms with E-state index in [0.717, 1.165) is 50.0 Å². The highest BCUT2D eigenvalue weighted by Crippen LogP contribution is 2.44. The third-order valence-electron chi connectivity index (χ3n) is 8.31. The molecule has 3 heterocycles. The Bertz CT molecular complexity index is 2440. The van der Waals surface area contributed by atoms with Gasteiger partial charge in [0.1, 0.15) is 11.2 Å². The van der Waals surface area contributed by atoms with Gasteiger partial charge in [0.2, 0.25) is 0 Å². The molecule has 3 nitrogen and oxygen atoms in total. The lowest BCUT2D eigenvalue weighted by atomic mass is 9.97. The fourth-order valence-corrected chi connectivity index (χ4v) is 7.47. The van der Waals surface area contributed by atoms with Crippen LogP contribution in [-0.4, -0.2) is 9.97 Å². The van der Waals surface area contributed by atoms with E-state index in [0.29, 0.717) is 5.82 Å². The average molecular weight is 581 g/mol. The molecule has 0 spiro atoms. The van der Waals surface area contributed by atoms with Crippen LogP contribution in [0.5, 0.6) is 0 Å². The van der Waals surface area contributed by atoms with Crippen LogP contribution in [0.25, 0.3) is 87.1 Å². The summed E-state index contributed by atoms with van der Waals surface area (Å²) in [4.78, 5) is 10.1. The highest BCUT2D eigenvalue weighted by Gasteiger charge is 2.18. The smallest absolute Gasteiger partial charge is 0.160 e. The fraction of sp³-hybridized carbons (Fsp3) is 0. The Labute approximate surface area is 257 Å². The van der Waals surface area contributed by atoms with Gasteiger partial charge < -0.3 is 4.42 Å². The second-order valence-electron chi connectivity index (χ2n) is 11.0. The number of nitrogens with zero attached hydrogens (tertiary/aromatic N) is 2. The van der Waals surface area contributed by atoms with E-state index in [9.17, 15) is 0 Å². The third-order valence-corrected chi connectivity index (χ3v) is 9.53. The average Bonchev–Trinajstić information content (AvgIpc) is 3.67. The second kappa shape index (κ2) is 10.0. The van der Waals surface area contributed by atoms with Crippen LogP contribution in [0.1, 0.15) is 0 Å². The zero-order valence-electron chi connectivity index (χ0n) is 23.6. The fourth-order valence-electron chi connectivity index (χ4n) is 6.24. The van der Waals surface area contributed by atoms with Gasteiger partial charge in [0.05, 0.1) is 11.4 Å². The summed E-state index contributed by atoms with van der Waals surface area (Å²) in [7, 11) is 0. The minimum absolute atomic E-state index is 0.705. The lowest BCUT2D eigenvalue weighted by molar-refractivity contribution is 0.669. The Morgan fingerprint density at radius 1 is 0.455 bits per heavy atom. The van der Waals surface area contributed by atoms with Crippen molar-refractivity contribution in [3.05, 3.63) is 146 Å². The van der Waals surface area contributed by atoms with Crippen molar-refractivity contribution in [2.75, 3.05) is 0 Å². The van der Waals surface area contributed by atoms with E-state index >= 15 is 0 Å². The molecule has 0 saturated heterocycles. The van der Waals surface area contributed by atoms with Crippen LogP contribution < -0.4 is 0 Å². The number of thiophene rings is 1. The van der Waals surface area contributed by atoms with Crippen LogP contribution in [0.2, 0.25) is 0 Å². The zero-order chi connectivity index (χ0) is 29.0. The molecule has 0 saturated carbocycles. The molecule has 3 aromatic heterocycles. The molecule has 0 aliphatic heterocycles. The van der Waals surface area contributed by atoms with Gasteiger partial charge in [-0.05, 0) is 42.0 Å². The van der Waals surface area contributed by atoms with E-state index in [1.54, 1.807) is 0 Å². The number of aromatic nitrogens is 2. The van der Waals surface area contributed by atoms with Crippen LogP contribution in [0.4, 0.5) is 0 Å². The van der Waals surface area contributed by atoms with Gasteiger partial charge in [-0.25, -0.2) is 9.97 Å². The molecule has 0 unspecified atom stereocenters. The second-order valence-corrected chi connectivity index (χ2v) is 12.0. The van der Waals surface area contributed by atoms with Crippen LogP contribution >= 0.6 is 11.3 Å². The summed E-state index contributed by atoms with van der Waals surface area (Å²) in [6.45, 7) is 0. The largest absolute Gasteiger partial charge is 0.456 e. The Hall–Kier alpha value is -5.58. The molecule has 4 heteroatoms. The number of furan rings is 1. The van der Waals surface area contributed by atoms with Gasteiger partial charge in [-0.1, -0.05) is 109 Å². The molecule has 0 aliphatic carbocycles. The molecule has 0 atom stereocenters. The van der Waals surface area contributed by atoms with E-state index < -0.39 is 0 Å². The van der Waals surface area contributed by atoms with Gasteiger partial charge in [0.15, 0.2) is 5.82 Å². The molecule has 0 amide bonds. The maximum absolute atomic E-state index is 6.43. The normalized spacial score (nSPS) is 11.6. The lowest BCUT2D eigenvalue weighted by Gasteiger charge is -2.10. The van der Waals surface area contributed by atoms with Crippen molar-refractivity contribution in [2.24, 2.45) is 0 Å². The van der Waals surface area contributed by atoms with Crippen molar-refractivity contribution < 1.29 is 4.42 Å². The summed E-state index contributed by atoms with van der Waals surface area (Å²) in [6, 6.07) is 50.6. The molecule has 206 valence electrons. The van der Waals surface area contributed by atoms with Crippen LogP contribution in [-0.2, 0) is 0 Å².